The minimum Gasteiger partial charge on any atom is -0.493 e. The average Bonchev–Trinajstić information content (AvgIpc) is 3.14. The number of nitrogens with one attached hydrogen (secondary N) is 1. The average molecular weight is 394 g/mol. The fraction of sp³-hybridized carbons (Fsp3) is 0.143. The van der Waals surface area contributed by atoms with E-state index in [1.54, 1.807) is 74.7 Å². The highest BCUT2D eigenvalue weighted by molar-refractivity contribution is 5.88. The highest BCUT2D eigenvalue weighted by Crippen LogP contribution is 2.39. The number of ether oxygens (including phenoxy) is 3. The quantitative estimate of drug-likeness (QED) is 0.513. The number of rotatable bonds is 6. The van der Waals surface area contributed by atoms with Crippen molar-refractivity contribution in [2.45, 2.75) is 0 Å². The zero-order valence-electron chi connectivity index (χ0n) is 16.1. The SMILES string of the molecule is COc1cc2nccc(Oc3c(F)cccc3Nc3ccn(C)n3)c2cc1OC. The van der Waals surface area contributed by atoms with Gasteiger partial charge in [-0.2, -0.15) is 5.10 Å². The van der Waals surface area contributed by atoms with Gasteiger partial charge in [0.2, 0.25) is 0 Å². The van der Waals surface area contributed by atoms with Crippen molar-refractivity contribution in [2.75, 3.05) is 19.5 Å². The molecule has 0 spiro atoms. The summed E-state index contributed by atoms with van der Waals surface area (Å²) >= 11 is 0. The van der Waals surface area contributed by atoms with Gasteiger partial charge in [-0.05, 0) is 24.3 Å². The maximum atomic E-state index is 14.7. The topological polar surface area (TPSA) is 70.4 Å². The molecular formula is C21H19FN4O3. The molecule has 0 aliphatic rings. The van der Waals surface area contributed by atoms with Gasteiger partial charge in [-0.3, -0.25) is 9.67 Å². The van der Waals surface area contributed by atoms with Crippen LogP contribution >= 0.6 is 0 Å². The first kappa shape index (κ1) is 18.5. The number of benzene rings is 2. The Morgan fingerprint density at radius 2 is 1.79 bits per heavy atom. The summed E-state index contributed by atoms with van der Waals surface area (Å²) in [6, 6.07) is 11.6. The normalized spacial score (nSPS) is 10.8. The number of para-hydroxylation sites is 1. The molecule has 29 heavy (non-hydrogen) atoms. The summed E-state index contributed by atoms with van der Waals surface area (Å²) in [5, 5.41) is 8.01. The second-order valence-electron chi connectivity index (χ2n) is 6.25. The number of anilines is 2. The molecule has 4 rings (SSSR count). The van der Waals surface area contributed by atoms with Crippen LogP contribution in [0.2, 0.25) is 0 Å². The number of aromatic nitrogens is 3. The number of halogens is 1. The van der Waals surface area contributed by atoms with Crippen molar-refractivity contribution in [3.8, 4) is 23.0 Å². The highest BCUT2D eigenvalue weighted by Gasteiger charge is 2.16. The molecule has 1 N–H and O–H groups in total. The standard InChI is InChI=1S/C21H19FN4O3/c1-26-10-8-20(25-26)24-15-6-4-5-14(22)21(15)29-17-7-9-23-16-12-19(28-3)18(27-2)11-13(16)17/h4-12H,1-3H3,(H,24,25). The Hall–Kier alpha value is -3.81. The van der Waals surface area contributed by atoms with E-state index in [-0.39, 0.29) is 5.75 Å². The summed E-state index contributed by atoms with van der Waals surface area (Å²) in [4.78, 5) is 4.35. The lowest BCUT2D eigenvalue weighted by molar-refractivity contribution is 0.355. The van der Waals surface area contributed by atoms with Crippen LogP contribution in [-0.4, -0.2) is 29.0 Å². The molecule has 0 fully saturated rings. The molecule has 7 nitrogen and oxygen atoms in total. The third kappa shape index (κ3) is 3.64. The van der Waals surface area contributed by atoms with E-state index in [9.17, 15) is 4.39 Å². The van der Waals surface area contributed by atoms with Gasteiger partial charge in [0.05, 0.1) is 25.4 Å². The lowest BCUT2D eigenvalue weighted by Gasteiger charge is -2.15. The zero-order valence-corrected chi connectivity index (χ0v) is 16.1. The van der Waals surface area contributed by atoms with Crippen LogP contribution in [-0.2, 0) is 7.05 Å². The van der Waals surface area contributed by atoms with E-state index in [0.717, 1.165) is 0 Å². The van der Waals surface area contributed by atoms with Gasteiger partial charge in [-0.1, -0.05) is 6.07 Å². The molecule has 4 aromatic rings. The molecule has 0 aliphatic carbocycles. The summed E-state index contributed by atoms with van der Waals surface area (Å²) in [7, 11) is 4.91. The Morgan fingerprint density at radius 1 is 1.00 bits per heavy atom. The lowest BCUT2D eigenvalue weighted by atomic mass is 10.1. The Morgan fingerprint density at radius 3 is 2.52 bits per heavy atom. The van der Waals surface area contributed by atoms with Crippen molar-refractivity contribution < 1.29 is 18.6 Å². The molecule has 148 valence electrons. The first-order valence-corrected chi connectivity index (χ1v) is 8.83. The fourth-order valence-electron chi connectivity index (χ4n) is 2.98. The van der Waals surface area contributed by atoms with Crippen LogP contribution in [0.3, 0.4) is 0 Å². The summed E-state index contributed by atoms with van der Waals surface area (Å²) in [5.41, 5.74) is 1.09. The van der Waals surface area contributed by atoms with Gasteiger partial charge in [-0.15, -0.1) is 0 Å². The van der Waals surface area contributed by atoms with Gasteiger partial charge < -0.3 is 19.5 Å². The molecule has 0 saturated heterocycles. The van der Waals surface area contributed by atoms with Crippen LogP contribution in [0.5, 0.6) is 23.0 Å². The van der Waals surface area contributed by atoms with Crippen molar-refractivity contribution in [3.05, 3.63) is 60.7 Å². The van der Waals surface area contributed by atoms with Crippen molar-refractivity contribution >= 4 is 22.4 Å². The number of hydrogen-bond donors (Lipinski definition) is 1. The largest absolute Gasteiger partial charge is 0.493 e. The number of pyridine rings is 1. The molecule has 0 aliphatic heterocycles. The van der Waals surface area contributed by atoms with Gasteiger partial charge in [-0.25, -0.2) is 4.39 Å². The van der Waals surface area contributed by atoms with E-state index in [1.165, 1.54) is 6.07 Å². The minimum absolute atomic E-state index is 0.0560. The molecule has 0 saturated carbocycles. The van der Waals surface area contributed by atoms with Gasteiger partial charge in [0, 0.05) is 37.0 Å². The Kier molecular flexibility index (Phi) is 4.90. The van der Waals surface area contributed by atoms with Gasteiger partial charge in [0.1, 0.15) is 5.75 Å². The number of nitrogens with zero attached hydrogens (tertiary/aromatic N) is 3. The summed E-state index contributed by atoms with van der Waals surface area (Å²) in [6.07, 6.45) is 3.38. The number of hydrogen-bond acceptors (Lipinski definition) is 6. The first-order chi connectivity index (χ1) is 14.1. The van der Waals surface area contributed by atoms with Crippen molar-refractivity contribution in [1.82, 2.24) is 14.8 Å². The molecule has 0 radical (unpaired) electrons. The Bertz CT molecular complexity index is 1180. The van der Waals surface area contributed by atoms with Gasteiger partial charge in [0.15, 0.2) is 28.9 Å². The maximum absolute atomic E-state index is 14.7. The van der Waals surface area contributed by atoms with Crippen LogP contribution in [0.1, 0.15) is 0 Å². The van der Waals surface area contributed by atoms with Crippen molar-refractivity contribution in [2.24, 2.45) is 7.05 Å². The first-order valence-electron chi connectivity index (χ1n) is 8.83. The van der Waals surface area contributed by atoms with Gasteiger partial charge in [0.25, 0.3) is 0 Å². The molecule has 2 aromatic heterocycles. The van der Waals surface area contributed by atoms with Crippen molar-refractivity contribution in [1.29, 1.82) is 0 Å². The molecule has 8 heteroatoms. The van der Waals surface area contributed by atoms with E-state index >= 15 is 0 Å². The summed E-state index contributed by atoms with van der Waals surface area (Å²) in [6.45, 7) is 0. The smallest absolute Gasteiger partial charge is 0.186 e. The Labute approximate surface area is 166 Å². The molecule has 0 unspecified atom stereocenters. The van der Waals surface area contributed by atoms with Crippen LogP contribution in [0.4, 0.5) is 15.9 Å². The fourth-order valence-corrected chi connectivity index (χ4v) is 2.98. The molecule has 0 bridgehead atoms. The number of methoxy groups -OCH3 is 2. The van der Waals surface area contributed by atoms with Crippen LogP contribution in [0, 0.1) is 5.82 Å². The van der Waals surface area contributed by atoms with E-state index in [2.05, 4.69) is 15.4 Å². The highest BCUT2D eigenvalue weighted by atomic mass is 19.1. The van der Waals surface area contributed by atoms with Gasteiger partial charge >= 0.3 is 0 Å². The molecular weight excluding hydrogens is 375 g/mol. The van der Waals surface area contributed by atoms with E-state index in [1.807, 2.05) is 0 Å². The molecule has 0 amide bonds. The molecule has 2 heterocycles. The third-order valence-corrected chi connectivity index (χ3v) is 4.36. The zero-order chi connectivity index (χ0) is 20.4. The van der Waals surface area contributed by atoms with E-state index in [4.69, 9.17) is 14.2 Å². The predicted molar refractivity (Wildman–Crippen MR) is 108 cm³/mol. The lowest BCUT2D eigenvalue weighted by Crippen LogP contribution is -1.99. The van der Waals surface area contributed by atoms with Crippen LogP contribution in [0.25, 0.3) is 10.9 Å². The van der Waals surface area contributed by atoms with Crippen LogP contribution < -0.4 is 19.5 Å². The molecule has 2 aromatic carbocycles. The second kappa shape index (κ2) is 7.67. The third-order valence-electron chi connectivity index (χ3n) is 4.36. The number of aryl methyl sites for hydroxylation is 1. The maximum Gasteiger partial charge on any atom is 0.186 e. The second-order valence-corrected chi connectivity index (χ2v) is 6.25. The van der Waals surface area contributed by atoms with E-state index in [0.29, 0.717) is 39.7 Å². The summed E-state index contributed by atoms with van der Waals surface area (Å²) in [5.74, 6) is 1.64. The number of fused-ring (bicyclic) bond motifs is 1. The monoisotopic (exact) mass is 394 g/mol. The van der Waals surface area contributed by atoms with E-state index < -0.39 is 5.82 Å². The predicted octanol–water partition coefficient (Wildman–Crippen LogP) is 4.66. The van der Waals surface area contributed by atoms with Crippen molar-refractivity contribution in [3.63, 3.8) is 0 Å². The minimum atomic E-state index is -0.503. The summed E-state index contributed by atoms with van der Waals surface area (Å²) < 4.78 is 33.0. The molecule has 0 atom stereocenters. The Balaban J connectivity index is 1.77. The van der Waals surface area contributed by atoms with Crippen LogP contribution in [0.15, 0.2) is 54.9 Å².